The average Bonchev–Trinajstić information content (AvgIpc) is 3.30. The van der Waals surface area contributed by atoms with Crippen molar-refractivity contribution in [1.29, 1.82) is 0 Å². The van der Waals surface area contributed by atoms with E-state index in [-0.39, 0.29) is 5.56 Å². The number of benzene rings is 5. The number of anilines is 1. The maximum absolute atomic E-state index is 13.0. The molecule has 7 rings (SSSR count). The summed E-state index contributed by atoms with van der Waals surface area (Å²) in [6, 6.07) is 37.7. The van der Waals surface area contributed by atoms with E-state index < -0.39 is 17.8 Å². The molecule has 2 amide bonds. The predicted molar refractivity (Wildman–Crippen MR) is 159 cm³/mol. The lowest BCUT2D eigenvalue weighted by Gasteiger charge is -2.14. The number of hydrogen-bond acceptors (Lipinski definition) is 6. The van der Waals surface area contributed by atoms with Gasteiger partial charge < -0.3 is 4.74 Å². The summed E-state index contributed by atoms with van der Waals surface area (Å²) in [5, 5.41) is 0. The molecule has 0 saturated carbocycles. The number of aromatic nitrogens is 2. The summed E-state index contributed by atoms with van der Waals surface area (Å²) in [5.41, 5.74) is 5.97. The van der Waals surface area contributed by atoms with Crippen molar-refractivity contribution in [3.05, 3.63) is 144 Å². The Hall–Kier alpha value is -5.95. The molecule has 0 unspecified atom stereocenters. The third-order valence-electron chi connectivity index (χ3n) is 7.10. The first-order chi connectivity index (χ1) is 20.6. The largest absolute Gasteiger partial charge is 0.423 e. The molecule has 5 aromatic carbocycles. The molecule has 0 N–H and O–H groups in total. The molecule has 2 heterocycles. The first kappa shape index (κ1) is 25.0. The van der Waals surface area contributed by atoms with Gasteiger partial charge in [-0.15, -0.1) is 0 Å². The molecule has 0 radical (unpaired) electrons. The number of carbonyl (C=O) groups is 3. The van der Waals surface area contributed by atoms with E-state index in [1.165, 1.54) is 12.1 Å². The summed E-state index contributed by atoms with van der Waals surface area (Å²) in [7, 11) is 0. The van der Waals surface area contributed by atoms with E-state index in [4.69, 9.17) is 14.7 Å². The number of nitrogens with zero attached hydrogens (tertiary/aromatic N) is 3. The van der Waals surface area contributed by atoms with Crippen molar-refractivity contribution in [1.82, 2.24) is 9.97 Å². The van der Waals surface area contributed by atoms with Crippen molar-refractivity contribution in [2.24, 2.45) is 0 Å². The van der Waals surface area contributed by atoms with Crippen LogP contribution in [0.1, 0.15) is 31.1 Å². The lowest BCUT2D eigenvalue weighted by molar-refractivity contribution is 0.0734. The van der Waals surface area contributed by atoms with Crippen LogP contribution in [0.5, 0.6) is 5.75 Å². The molecule has 0 bridgehead atoms. The van der Waals surface area contributed by atoms with Gasteiger partial charge in [0.15, 0.2) is 0 Å². The molecule has 7 nitrogen and oxygen atoms in total. The van der Waals surface area contributed by atoms with E-state index in [9.17, 15) is 14.4 Å². The smallest absolute Gasteiger partial charge is 0.343 e. The van der Waals surface area contributed by atoms with Crippen LogP contribution in [0.4, 0.5) is 5.69 Å². The van der Waals surface area contributed by atoms with Gasteiger partial charge in [-0.1, -0.05) is 72.8 Å². The normalized spacial score (nSPS) is 12.4. The highest BCUT2D eigenvalue weighted by molar-refractivity contribution is 6.34. The molecule has 200 valence electrons. The maximum Gasteiger partial charge on any atom is 0.343 e. The van der Waals surface area contributed by atoms with Crippen LogP contribution in [0, 0.1) is 0 Å². The average molecular weight is 548 g/mol. The number of esters is 1. The molecule has 0 aliphatic carbocycles. The summed E-state index contributed by atoms with van der Waals surface area (Å²) in [6.45, 7) is 0. The Balaban J connectivity index is 1.16. The molecule has 42 heavy (non-hydrogen) atoms. The second-order valence-corrected chi connectivity index (χ2v) is 9.73. The van der Waals surface area contributed by atoms with Gasteiger partial charge in [0.1, 0.15) is 5.75 Å². The van der Waals surface area contributed by atoms with Crippen molar-refractivity contribution in [2.45, 2.75) is 0 Å². The number of amides is 2. The van der Waals surface area contributed by atoms with E-state index in [0.717, 1.165) is 27.4 Å². The topological polar surface area (TPSA) is 89.5 Å². The SMILES string of the molecule is O=C(Oc1ccc2nc(-c3ccccc3)c(-c3ccccc3)nc2c1)c1ccc(N2C(=O)c3ccccc3C2=O)cc1. The van der Waals surface area contributed by atoms with Gasteiger partial charge in [0.25, 0.3) is 11.8 Å². The molecule has 0 spiro atoms. The van der Waals surface area contributed by atoms with E-state index >= 15 is 0 Å². The zero-order valence-corrected chi connectivity index (χ0v) is 22.1. The van der Waals surface area contributed by atoms with Gasteiger partial charge in [0.2, 0.25) is 0 Å². The van der Waals surface area contributed by atoms with Crippen LogP contribution in [0.3, 0.4) is 0 Å². The van der Waals surface area contributed by atoms with Crippen LogP contribution >= 0.6 is 0 Å². The first-order valence-electron chi connectivity index (χ1n) is 13.3. The van der Waals surface area contributed by atoms with Crippen LogP contribution in [-0.2, 0) is 0 Å². The van der Waals surface area contributed by atoms with Gasteiger partial charge in [-0.2, -0.15) is 0 Å². The molecule has 1 aromatic heterocycles. The van der Waals surface area contributed by atoms with E-state index in [0.29, 0.717) is 33.6 Å². The zero-order chi connectivity index (χ0) is 28.6. The first-order valence-corrected chi connectivity index (χ1v) is 13.3. The molecule has 1 aliphatic heterocycles. The summed E-state index contributed by atoms with van der Waals surface area (Å²) >= 11 is 0. The van der Waals surface area contributed by atoms with Gasteiger partial charge in [-0.25, -0.2) is 19.7 Å². The number of hydrogen-bond donors (Lipinski definition) is 0. The number of fused-ring (bicyclic) bond motifs is 2. The Morgan fingerprint density at radius 1 is 0.571 bits per heavy atom. The van der Waals surface area contributed by atoms with E-state index in [1.54, 1.807) is 54.6 Å². The highest BCUT2D eigenvalue weighted by Gasteiger charge is 2.36. The number of imide groups is 1. The van der Waals surface area contributed by atoms with Crippen molar-refractivity contribution >= 4 is 34.5 Å². The molecule has 7 heteroatoms. The quantitative estimate of drug-likeness (QED) is 0.131. The van der Waals surface area contributed by atoms with Crippen LogP contribution in [-0.4, -0.2) is 27.8 Å². The molecule has 0 atom stereocenters. The minimum absolute atomic E-state index is 0.269. The van der Waals surface area contributed by atoms with Gasteiger partial charge in [-0.05, 0) is 48.5 Å². The Morgan fingerprint density at radius 2 is 1.10 bits per heavy atom. The maximum atomic E-state index is 13.0. The standard InChI is InChI=1S/C35H21N3O4/c39-33-27-13-7-8-14-28(27)34(40)38(33)25-17-15-24(16-18-25)35(41)42-26-19-20-29-30(21-26)37-32(23-11-5-2-6-12-23)31(36-29)22-9-3-1-4-10-22/h1-21H. The summed E-state index contributed by atoms with van der Waals surface area (Å²) in [4.78, 5) is 49.5. The van der Waals surface area contributed by atoms with Gasteiger partial charge in [-0.3, -0.25) is 9.59 Å². The third kappa shape index (κ3) is 4.39. The second kappa shape index (κ2) is 10.2. The molecule has 0 saturated heterocycles. The second-order valence-electron chi connectivity index (χ2n) is 9.73. The summed E-state index contributed by atoms with van der Waals surface area (Å²) in [5.74, 6) is -1.06. The van der Waals surface area contributed by atoms with Crippen LogP contribution < -0.4 is 9.64 Å². The molecular weight excluding hydrogens is 526 g/mol. The van der Waals surface area contributed by atoms with Gasteiger partial charge >= 0.3 is 5.97 Å². The highest BCUT2D eigenvalue weighted by Crippen LogP contribution is 2.32. The minimum Gasteiger partial charge on any atom is -0.423 e. The molecular formula is C35H21N3O4. The lowest BCUT2D eigenvalue weighted by atomic mass is 10.0. The number of rotatable bonds is 5. The summed E-state index contributed by atoms with van der Waals surface area (Å²) < 4.78 is 5.67. The van der Waals surface area contributed by atoms with Crippen molar-refractivity contribution in [3.8, 4) is 28.3 Å². The van der Waals surface area contributed by atoms with Crippen molar-refractivity contribution in [2.75, 3.05) is 4.90 Å². The van der Waals surface area contributed by atoms with Crippen LogP contribution in [0.2, 0.25) is 0 Å². The Kier molecular flexibility index (Phi) is 6.10. The fraction of sp³-hybridized carbons (Fsp3) is 0. The fourth-order valence-corrected chi connectivity index (χ4v) is 5.03. The lowest BCUT2D eigenvalue weighted by Crippen LogP contribution is -2.29. The van der Waals surface area contributed by atoms with E-state index in [1.807, 2.05) is 60.7 Å². The zero-order valence-electron chi connectivity index (χ0n) is 22.1. The minimum atomic E-state index is -0.583. The molecule has 0 fully saturated rings. The Labute approximate surface area is 240 Å². The Bertz CT molecular complexity index is 1970. The molecule has 6 aromatic rings. The number of carbonyl (C=O) groups excluding carboxylic acids is 3. The highest BCUT2D eigenvalue weighted by atomic mass is 16.5. The fourth-order valence-electron chi connectivity index (χ4n) is 5.03. The van der Waals surface area contributed by atoms with Gasteiger partial charge in [0.05, 0.1) is 44.8 Å². The monoisotopic (exact) mass is 547 g/mol. The van der Waals surface area contributed by atoms with Crippen molar-refractivity contribution in [3.63, 3.8) is 0 Å². The van der Waals surface area contributed by atoms with Crippen LogP contribution in [0.15, 0.2) is 127 Å². The van der Waals surface area contributed by atoms with Crippen molar-refractivity contribution < 1.29 is 19.1 Å². The van der Waals surface area contributed by atoms with Gasteiger partial charge in [0, 0.05) is 17.2 Å². The molecule has 1 aliphatic rings. The predicted octanol–water partition coefficient (Wildman–Crippen LogP) is 6.98. The number of ether oxygens (including phenoxy) is 1. The van der Waals surface area contributed by atoms with Crippen LogP contribution in [0.25, 0.3) is 33.5 Å². The van der Waals surface area contributed by atoms with E-state index in [2.05, 4.69) is 0 Å². The Morgan fingerprint density at radius 3 is 1.67 bits per heavy atom. The summed E-state index contributed by atoms with van der Waals surface area (Å²) in [6.07, 6.45) is 0. The third-order valence-corrected chi connectivity index (χ3v) is 7.10.